The molecule has 2 aliphatic heterocycles. The van der Waals surface area contributed by atoms with Crippen LogP contribution in [0.2, 0.25) is 0 Å². The number of nitrogen functional groups attached to an aromatic ring is 1. The number of fused-ring (bicyclic) bond motifs is 2. The minimum absolute atomic E-state index is 0.176. The van der Waals surface area contributed by atoms with Gasteiger partial charge in [0.2, 0.25) is 17.8 Å². The van der Waals surface area contributed by atoms with Gasteiger partial charge in [-0.2, -0.15) is 0 Å². The van der Waals surface area contributed by atoms with Crippen LogP contribution in [0.25, 0.3) is 11.3 Å². The summed E-state index contributed by atoms with van der Waals surface area (Å²) in [5, 5.41) is 2.33. The number of carbonyl (C=O) groups is 3. The van der Waals surface area contributed by atoms with Crippen molar-refractivity contribution < 1.29 is 14.4 Å². The van der Waals surface area contributed by atoms with Crippen LogP contribution in [-0.2, 0) is 29.0 Å². The van der Waals surface area contributed by atoms with Crippen molar-refractivity contribution in [1.82, 2.24) is 20.2 Å². The summed E-state index contributed by atoms with van der Waals surface area (Å²) in [4.78, 5) is 47.0. The number of imide groups is 1. The van der Waals surface area contributed by atoms with Crippen LogP contribution in [0.4, 0.5) is 5.95 Å². The summed E-state index contributed by atoms with van der Waals surface area (Å²) in [6, 6.07) is 5.04. The number of hydrogen-bond donors (Lipinski definition) is 2. The molecule has 2 aromatic rings. The molecule has 1 fully saturated rings. The van der Waals surface area contributed by atoms with Crippen LogP contribution in [0, 0.1) is 0 Å². The normalized spacial score (nSPS) is 21.0. The average Bonchev–Trinajstić information content (AvgIpc) is 3.03. The van der Waals surface area contributed by atoms with Crippen LogP contribution in [0.5, 0.6) is 0 Å². The number of amides is 3. The molecule has 0 radical (unpaired) electrons. The van der Waals surface area contributed by atoms with Gasteiger partial charge in [-0.05, 0) is 49.8 Å². The van der Waals surface area contributed by atoms with E-state index in [2.05, 4.69) is 15.3 Å². The summed E-state index contributed by atoms with van der Waals surface area (Å²) in [6.07, 6.45) is 4.62. The van der Waals surface area contributed by atoms with Crippen LogP contribution in [0.1, 0.15) is 52.9 Å². The first-order valence-corrected chi connectivity index (χ1v) is 9.94. The second-order valence-electron chi connectivity index (χ2n) is 7.83. The zero-order valence-corrected chi connectivity index (χ0v) is 15.9. The van der Waals surface area contributed by atoms with Gasteiger partial charge in [0, 0.05) is 35.3 Å². The molecule has 3 aliphatic rings. The van der Waals surface area contributed by atoms with Crippen LogP contribution < -0.4 is 11.1 Å². The maximum atomic E-state index is 12.9. The van der Waals surface area contributed by atoms with E-state index >= 15 is 0 Å². The Labute approximate surface area is 167 Å². The third kappa shape index (κ3) is 2.95. The fourth-order valence-corrected chi connectivity index (χ4v) is 4.57. The number of nitrogens with two attached hydrogens (primary N) is 1. The summed E-state index contributed by atoms with van der Waals surface area (Å²) in [6.45, 7) is 0.344. The molecule has 0 bridgehead atoms. The van der Waals surface area contributed by atoms with Crippen molar-refractivity contribution in [1.29, 1.82) is 0 Å². The predicted molar refractivity (Wildman–Crippen MR) is 105 cm³/mol. The number of rotatable bonds is 2. The van der Waals surface area contributed by atoms with E-state index in [1.807, 2.05) is 12.1 Å². The monoisotopic (exact) mass is 391 g/mol. The van der Waals surface area contributed by atoms with E-state index < -0.39 is 11.9 Å². The molecule has 3 heterocycles. The molecule has 8 nitrogen and oxygen atoms in total. The van der Waals surface area contributed by atoms with E-state index in [0.717, 1.165) is 53.8 Å². The summed E-state index contributed by atoms with van der Waals surface area (Å²) in [7, 11) is 0. The zero-order valence-electron chi connectivity index (χ0n) is 15.9. The number of hydrogen-bond acceptors (Lipinski definition) is 6. The van der Waals surface area contributed by atoms with Crippen molar-refractivity contribution in [2.75, 3.05) is 5.73 Å². The van der Waals surface area contributed by atoms with E-state index in [-0.39, 0.29) is 24.2 Å². The highest BCUT2D eigenvalue weighted by molar-refractivity contribution is 6.05. The molecule has 5 rings (SSSR count). The van der Waals surface area contributed by atoms with Gasteiger partial charge in [-0.25, -0.2) is 9.97 Å². The highest BCUT2D eigenvalue weighted by Gasteiger charge is 2.39. The summed E-state index contributed by atoms with van der Waals surface area (Å²) < 4.78 is 0. The lowest BCUT2D eigenvalue weighted by atomic mass is 9.91. The Kier molecular flexibility index (Phi) is 4.08. The van der Waals surface area contributed by atoms with Crippen molar-refractivity contribution in [2.45, 2.75) is 51.1 Å². The number of piperidine rings is 1. The first kappa shape index (κ1) is 17.8. The predicted octanol–water partition coefficient (Wildman–Crippen LogP) is 1.37. The number of aryl methyl sites for hydroxylation is 1. The van der Waals surface area contributed by atoms with E-state index in [9.17, 15) is 14.4 Å². The fraction of sp³-hybridized carbons (Fsp3) is 0.381. The van der Waals surface area contributed by atoms with E-state index in [4.69, 9.17) is 5.73 Å². The lowest BCUT2D eigenvalue weighted by molar-refractivity contribution is -0.136. The molecular formula is C21H21N5O3. The molecule has 1 aliphatic carbocycles. The number of carbonyl (C=O) groups excluding carboxylic acids is 3. The van der Waals surface area contributed by atoms with Crippen molar-refractivity contribution in [3.05, 3.63) is 40.6 Å². The van der Waals surface area contributed by atoms with Gasteiger partial charge in [-0.1, -0.05) is 6.07 Å². The van der Waals surface area contributed by atoms with E-state index in [0.29, 0.717) is 18.5 Å². The van der Waals surface area contributed by atoms with Crippen molar-refractivity contribution in [3.63, 3.8) is 0 Å². The van der Waals surface area contributed by atoms with Crippen molar-refractivity contribution in [3.8, 4) is 11.3 Å². The van der Waals surface area contributed by atoms with Crippen molar-refractivity contribution >= 4 is 23.7 Å². The fourth-order valence-electron chi connectivity index (χ4n) is 4.57. The zero-order chi connectivity index (χ0) is 20.1. The molecule has 0 saturated carbocycles. The van der Waals surface area contributed by atoms with Crippen LogP contribution >= 0.6 is 0 Å². The van der Waals surface area contributed by atoms with Crippen molar-refractivity contribution in [2.24, 2.45) is 0 Å². The molecule has 148 valence electrons. The lowest BCUT2D eigenvalue weighted by Gasteiger charge is -2.29. The second-order valence-corrected chi connectivity index (χ2v) is 7.83. The Hall–Kier alpha value is -3.29. The largest absolute Gasteiger partial charge is 0.368 e. The van der Waals surface area contributed by atoms with Gasteiger partial charge in [0.05, 0.1) is 5.69 Å². The highest BCUT2D eigenvalue weighted by atomic mass is 16.2. The molecule has 1 unspecified atom stereocenters. The average molecular weight is 391 g/mol. The molecule has 1 aromatic heterocycles. The maximum Gasteiger partial charge on any atom is 0.255 e. The molecule has 1 atom stereocenters. The molecule has 8 heteroatoms. The molecule has 3 N–H and O–H groups in total. The van der Waals surface area contributed by atoms with Gasteiger partial charge in [0.15, 0.2) is 0 Å². The van der Waals surface area contributed by atoms with Crippen LogP contribution in [0.3, 0.4) is 0 Å². The number of nitrogens with one attached hydrogen (secondary N) is 1. The maximum absolute atomic E-state index is 12.9. The number of anilines is 1. The number of aromatic nitrogens is 2. The lowest BCUT2D eigenvalue weighted by Crippen LogP contribution is -2.52. The van der Waals surface area contributed by atoms with Gasteiger partial charge in [0.1, 0.15) is 6.04 Å². The first-order valence-electron chi connectivity index (χ1n) is 9.94. The first-order chi connectivity index (χ1) is 14.0. The second kappa shape index (κ2) is 6.65. The smallest absolute Gasteiger partial charge is 0.255 e. The van der Waals surface area contributed by atoms with E-state index in [1.165, 1.54) is 0 Å². The quantitative estimate of drug-likeness (QED) is 0.747. The third-order valence-electron chi connectivity index (χ3n) is 6.00. The highest BCUT2D eigenvalue weighted by Crippen LogP contribution is 2.34. The molecule has 3 amide bonds. The van der Waals surface area contributed by atoms with Gasteiger partial charge in [-0.15, -0.1) is 0 Å². The van der Waals surface area contributed by atoms with Gasteiger partial charge >= 0.3 is 0 Å². The Morgan fingerprint density at radius 2 is 1.90 bits per heavy atom. The van der Waals surface area contributed by atoms with Gasteiger partial charge < -0.3 is 10.6 Å². The summed E-state index contributed by atoms with van der Waals surface area (Å²) >= 11 is 0. The third-order valence-corrected chi connectivity index (χ3v) is 6.00. The summed E-state index contributed by atoms with van der Waals surface area (Å²) in [5.41, 5.74) is 11.3. The molecule has 29 heavy (non-hydrogen) atoms. The summed E-state index contributed by atoms with van der Waals surface area (Å²) in [5.74, 6) is -0.600. The number of benzene rings is 1. The SMILES string of the molecule is Nc1nc2c(c(-c3ccc4c(c3)CN(C3CCC(=O)NC3=O)C4=O)n1)CCCC2. The minimum atomic E-state index is -0.612. The molecule has 1 aromatic carbocycles. The number of nitrogens with zero attached hydrogens (tertiary/aromatic N) is 3. The Morgan fingerprint density at radius 1 is 1.07 bits per heavy atom. The Morgan fingerprint density at radius 3 is 2.72 bits per heavy atom. The molecule has 1 saturated heterocycles. The molecule has 0 spiro atoms. The van der Waals surface area contributed by atoms with Gasteiger partial charge in [-0.3, -0.25) is 19.7 Å². The van der Waals surface area contributed by atoms with Crippen LogP contribution in [0.15, 0.2) is 18.2 Å². The topological polar surface area (TPSA) is 118 Å². The molecular weight excluding hydrogens is 370 g/mol. The minimum Gasteiger partial charge on any atom is -0.368 e. The van der Waals surface area contributed by atoms with E-state index in [1.54, 1.807) is 11.0 Å². The standard InChI is InChI=1S/C21H21N5O3/c22-21-23-15-4-2-1-3-14(15)18(25-21)11-5-6-13-12(9-11)10-26(20(13)29)16-7-8-17(27)24-19(16)28/h5-6,9,16H,1-4,7-8,10H2,(H2,22,23,25)(H,24,27,28). The van der Waals surface area contributed by atoms with Crippen LogP contribution in [-0.4, -0.2) is 38.6 Å². The Bertz CT molecular complexity index is 1060. The van der Waals surface area contributed by atoms with Gasteiger partial charge in [0.25, 0.3) is 5.91 Å². The Balaban J connectivity index is 1.49.